The van der Waals surface area contributed by atoms with Gasteiger partial charge in [0.25, 0.3) is 0 Å². The van der Waals surface area contributed by atoms with Crippen LogP contribution in [-0.4, -0.2) is 15.3 Å². The summed E-state index contributed by atoms with van der Waals surface area (Å²) in [4.78, 5) is 17.5. The summed E-state index contributed by atoms with van der Waals surface area (Å²) in [6.45, 7) is 4.98. The summed E-state index contributed by atoms with van der Waals surface area (Å²) in [7, 11) is 0. The summed E-state index contributed by atoms with van der Waals surface area (Å²) in [6, 6.07) is 2.05. The Labute approximate surface area is 110 Å². The number of fused-ring (bicyclic) bond motifs is 1. The maximum atomic E-state index is 11.9. The van der Waals surface area contributed by atoms with Crippen LogP contribution in [0.15, 0.2) is 11.6 Å². The molecule has 0 saturated carbocycles. The topological polar surface area (TPSA) is 34.9 Å². The molecule has 18 heavy (non-hydrogen) atoms. The maximum Gasteiger partial charge on any atom is 0.164 e. The predicted octanol–water partition coefficient (Wildman–Crippen LogP) is 3.13. The minimum atomic E-state index is 0.305. The van der Waals surface area contributed by atoms with E-state index in [2.05, 4.69) is 16.5 Å². The van der Waals surface area contributed by atoms with E-state index in [1.165, 1.54) is 16.3 Å². The molecular weight excluding hydrogens is 244 g/mol. The van der Waals surface area contributed by atoms with Crippen LogP contribution in [0.1, 0.15) is 45.2 Å². The second kappa shape index (κ2) is 4.35. The van der Waals surface area contributed by atoms with Gasteiger partial charge in [0.15, 0.2) is 5.78 Å². The van der Waals surface area contributed by atoms with Gasteiger partial charge in [-0.25, -0.2) is 4.98 Å². The van der Waals surface area contributed by atoms with E-state index in [4.69, 9.17) is 0 Å². The third-order valence-electron chi connectivity index (χ3n) is 3.68. The van der Waals surface area contributed by atoms with Gasteiger partial charge in [-0.2, -0.15) is 0 Å². The molecule has 94 valence electrons. The Balaban J connectivity index is 2.02. The van der Waals surface area contributed by atoms with Crippen molar-refractivity contribution in [2.75, 3.05) is 0 Å². The largest absolute Gasteiger partial charge is 0.343 e. The van der Waals surface area contributed by atoms with Gasteiger partial charge in [0.05, 0.1) is 17.7 Å². The van der Waals surface area contributed by atoms with Crippen molar-refractivity contribution in [3.63, 3.8) is 0 Å². The van der Waals surface area contributed by atoms with E-state index in [0.717, 1.165) is 30.6 Å². The Morgan fingerprint density at radius 2 is 2.22 bits per heavy atom. The Bertz CT molecular complexity index is 609. The number of nitrogens with zero attached hydrogens (tertiary/aromatic N) is 2. The van der Waals surface area contributed by atoms with Crippen molar-refractivity contribution in [2.45, 2.75) is 39.7 Å². The molecule has 0 bridgehead atoms. The zero-order valence-corrected chi connectivity index (χ0v) is 11.5. The van der Waals surface area contributed by atoms with Crippen LogP contribution in [-0.2, 0) is 13.0 Å². The van der Waals surface area contributed by atoms with E-state index in [0.29, 0.717) is 12.2 Å². The highest BCUT2D eigenvalue weighted by molar-refractivity contribution is 7.09. The lowest BCUT2D eigenvalue weighted by molar-refractivity contribution is 0.0972. The molecule has 0 aliphatic heterocycles. The lowest BCUT2D eigenvalue weighted by atomic mass is 9.97. The Hall–Kier alpha value is -1.42. The quantitative estimate of drug-likeness (QED) is 0.831. The first kappa shape index (κ1) is 11.7. The third-order valence-corrected chi connectivity index (χ3v) is 4.60. The average molecular weight is 260 g/mol. The molecule has 0 saturated heterocycles. The van der Waals surface area contributed by atoms with Gasteiger partial charge in [-0.3, -0.25) is 4.79 Å². The average Bonchev–Trinajstić information content (AvgIpc) is 2.87. The van der Waals surface area contributed by atoms with E-state index in [1.54, 1.807) is 11.3 Å². The highest BCUT2D eigenvalue weighted by Crippen LogP contribution is 2.26. The molecule has 0 N–H and O–H groups in total. The molecular formula is C14H16N2OS. The number of carbonyl (C=O) groups is 1. The molecule has 2 aromatic rings. The minimum absolute atomic E-state index is 0.305. The summed E-state index contributed by atoms with van der Waals surface area (Å²) >= 11 is 1.69. The maximum absolute atomic E-state index is 11.9. The number of aromatic nitrogens is 2. The molecule has 1 aliphatic carbocycles. The van der Waals surface area contributed by atoms with Crippen molar-refractivity contribution in [1.82, 2.24) is 9.55 Å². The fourth-order valence-corrected chi connectivity index (χ4v) is 3.40. The number of thiazole rings is 1. The standard InChI is InChI=1S/C14H16N2OS/c1-9-6-11-12(4-3-5-13(11)17)16(9)7-14-10(2)15-8-18-14/h6,8H,3-5,7H2,1-2H3. The molecule has 0 spiro atoms. The Kier molecular flexibility index (Phi) is 2.82. The molecule has 2 heterocycles. The molecule has 1 aliphatic rings. The fraction of sp³-hybridized carbons (Fsp3) is 0.429. The van der Waals surface area contributed by atoms with Crippen LogP contribution in [0.5, 0.6) is 0 Å². The number of hydrogen-bond donors (Lipinski definition) is 0. The second-order valence-corrected chi connectivity index (χ2v) is 5.81. The number of Topliss-reactive ketones (excluding diaryl/α,β-unsaturated/α-hetero) is 1. The first-order valence-corrected chi connectivity index (χ1v) is 7.16. The molecule has 2 aromatic heterocycles. The number of hydrogen-bond acceptors (Lipinski definition) is 3. The van der Waals surface area contributed by atoms with Crippen molar-refractivity contribution in [3.8, 4) is 0 Å². The van der Waals surface area contributed by atoms with Gasteiger partial charge < -0.3 is 4.57 Å². The van der Waals surface area contributed by atoms with Crippen molar-refractivity contribution >= 4 is 17.1 Å². The van der Waals surface area contributed by atoms with Gasteiger partial charge in [-0.1, -0.05) is 0 Å². The monoisotopic (exact) mass is 260 g/mol. The van der Waals surface area contributed by atoms with Crippen molar-refractivity contribution < 1.29 is 4.79 Å². The summed E-state index contributed by atoms with van der Waals surface area (Å²) in [5.41, 5.74) is 6.34. The molecule has 3 nitrogen and oxygen atoms in total. The van der Waals surface area contributed by atoms with Gasteiger partial charge in [0.1, 0.15) is 0 Å². The van der Waals surface area contributed by atoms with Crippen molar-refractivity contribution in [3.05, 3.63) is 39.1 Å². The van der Waals surface area contributed by atoms with Crippen LogP contribution >= 0.6 is 11.3 Å². The first-order chi connectivity index (χ1) is 8.66. The molecule has 0 unspecified atom stereocenters. The highest BCUT2D eigenvalue weighted by atomic mass is 32.1. The number of ketones is 1. The first-order valence-electron chi connectivity index (χ1n) is 6.28. The van der Waals surface area contributed by atoms with Crippen molar-refractivity contribution in [2.24, 2.45) is 0 Å². The molecule has 3 rings (SSSR count). The van der Waals surface area contributed by atoms with Gasteiger partial charge >= 0.3 is 0 Å². The second-order valence-electron chi connectivity index (χ2n) is 4.87. The normalized spacial score (nSPS) is 14.9. The number of aryl methyl sites for hydroxylation is 2. The van der Waals surface area contributed by atoms with E-state index in [1.807, 2.05) is 18.5 Å². The van der Waals surface area contributed by atoms with Crippen LogP contribution in [0.2, 0.25) is 0 Å². The SMILES string of the molecule is Cc1ncsc1Cn1c(C)cc2c1CCCC2=O. The summed E-state index contributed by atoms with van der Waals surface area (Å²) in [5, 5.41) is 0. The van der Waals surface area contributed by atoms with Crippen LogP contribution in [0, 0.1) is 13.8 Å². The van der Waals surface area contributed by atoms with E-state index >= 15 is 0 Å². The minimum Gasteiger partial charge on any atom is -0.343 e. The molecule has 4 heteroatoms. The van der Waals surface area contributed by atoms with Gasteiger partial charge in [-0.05, 0) is 32.8 Å². The van der Waals surface area contributed by atoms with Crippen LogP contribution < -0.4 is 0 Å². The van der Waals surface area contributed by atoms with Crippen LogP contribution in [0.3, 0.4) is 0 Å². The van der Waals surface area contributed by atoms with Gasteiger partial charge in [0.2, 0.25) is 0 Å². The number of rotatable bonds is 2. The Morgan fingerprint density at radius 3 is 2.94 bits per heavy atom. The van der Waals surface area contributed by atoms with Gasteiger partial charge in [0, 0.05) is 28.2 Å². The van der Waals surface area contributed by atoms with E-state index in [9.17, 15) is 4.79 Å². The summed E-state index contributed by atoms with van der Waals surface area (Å²) in [6.07, 6.45) is 2.71. The fourth-order valence-electron chi connectivity index (χ4n) is 2.63. The predicted molar refractivity (Wildman–Crippen MR) is 72.4 cm³/mol. The lowest BCUT2D eigenvalue weighted by Gasteiger charge is -2.15. The molecule has 0 atom stereocenters. The smallest absolute Gasteiger partial charge is 0.164 e. The number of carbonyl (C=O) groups excluding carboxylic acids is 1. The van der Waals surface area contributed by atoms with Crippen LogP contribution in [0.4, 0.5) is 0 Å². The molecule has 0 fully saturated rings. The zero-order chi connectivity index (χ0) is 12.7. The Morgan fingerprint density at radius 1 is 1.39 bits per heavy atom. The molecule has 0 aromatic carbocycles. The zero-order valence-electron chi connectivity index (χ0n) is 10.7. The third kappa shape index (κ3) is 1.81. The molecule has 0 amide bonds. The molecule has 0 radical (unpaired) electrons. The van der Waals surface area contributed by atoms with Crippen LogP contribution in [0.25, 0.3) is 0 Å². The van der Waals surface area contributed by atoms with E-state index < -0.39 is 0 Å². The van der Waals surface area contributed by atoms with E-state index in [-0.39, 0.29) is 0 Å². The highest BCUT2D eigenvalue weighted by Gasteiger charge is 2.22. The van der Waals surface area contributed by atoms with Gasteiger partial charge in [-0.15, -0.1) is 11.3 Å². The van der Waals surface area contributed by atoms with Crippen molar-refractivity contribution in [1.29, 1.82) is 0 Å². The summed E-state index contributed by atoms with van der Waals surface area (Å²) < 4.78 is 2.28. The summed E-state index contributed by atoms with van der Waals surface area (Å²) in [5.74, 6) is 0.305. The lowest BCUT2D eigenvalue weighted by Crippen LogP contribution is -2.14.